The van der Waals surface area contributed by atoms with Gasteiger partial charge in [0.2, 0.25) is 10.0 Å². The van der Waals surface area contributed by atoms with Crippen LogP contribution in [0.4, 0.5) is 0 Å². The van der Waals surface area contributed by atoms with Crippen molar-refractivity contribution in [3.05, 3.63) is 0 Å². The summed E-state index contributed by atoms with van der Waals surface area (Å²) < 4.78 is 31.9. The molecule has 2 unspecified atom stereocenters. The van der Waals surface area contributed by atoms with Crippen LogP contribution in [0.25, 0.3) is 0 Å². The van der Waals surface area contributed by atoms with Crippen molar-refractivity contribution in [2.75, 3.05) is 51.6 Å². The molecule has 0 bridgehead atoms. The number of hydrogen-bond donors (Lipinski definition) is 2. The molecule has 158 valence electrons. The van der Waals surface area contributed by atoms with Crippen molar-refractivity contribution >= 4 is 16.0 Å². The average Bonchev–Trinajstić information content (AvgIpc) is 3.03. The fourth-order valence-corrected chi connectivity index (χ4v) is 4.84. The quantitative estimate of drug-likeness (QED) is 0.452. The number of aliphatic imine (C=N–C) groups is 1. The highest BCUT2D eigenvalue weighted by atomic mass is 32.2. The summed E-state index contributed by atoms with van der Waals surface area (Å²) in [5.74, 6) is 1.08. The third-order valence-corrected chi connectivity index (χ3v) is 6.99. The van der Waals surface area contributed by atoms with Crippen LogP contribution in [0, 0.1) is 5.92 Å². The fraction of sp³-hybridized carbons (Fsp3) is 0.944. The molecule has 2 atom stereocenters. The molecule has 2 fully saturated rings. The minimum Gasteiger partial charge on any atom is -0.393 e. The number of nitrogens with one attached hydrogen (secondary N) is 1. The second-order valence-electron chi connectivity index (χ2n) is 7.57. The summed E-state index contributed by atoms with van der Waals surface area (Å²) in [6.45, 7) is 9.58. The molecule has 1 saturated carbocycles. The molecule has 0 amide bonds. The van der Waals surface area contributed by atoms with Gasteiger partial charge in [-0.1, -0.05) is 6.42 Å². The molecular formula is C18H36N4O4S. The minimum absolute atomic E-state index is 0.0267. The third kappa shape index (κ3) is 6.89. The SMILES string of the molecule is CCNC(=NCC1CCCC1O)N1CCN(S(=O)(=O)CCOC(C)C)CC1. The smallest absolute Gasteiger partial charge is 0.216 e. The number of sulfonamides is 1. The molecule has 0 spiro atoms. The first-order valence-corrected chi connectivity index (χ1v) is 11.7. The van der Waals surface area contributed by atoms with Crippen molar-refractivity contribution in [1.82, 2.24) is 14.5 Å². The third-order valence-electron chi connectivity index (χ3n) is 5.15. The van der Waals surface area contributed by atoms with E-state index in [4.69, 9.17) is 9.73 Å². The number of aliphatic hydroxyl groups is 1. The lowest BCUT2D eigenvalue weighted by molar-refractivity contribution is 0.0904. The monoisotopic (exact) mass is 404 g/mol. The molecule has 2 rings (SSSR count). The van der Waals surface area contributed by atoms with E-state index in [0.29, 0.717) is 32.7 Å². The second kappa shape index (κ2) is 10.6. The number of rotatable bonds is 8. The Kier molecular flexibility index (Phi) is 8.78. The van der Waals surface area contributed by atoms with Gasteiger partial charge in [-0.15, -0.1) is 0 Å². The summed E-state index contributed by atoms with van der Waals surface area (Å²) in [5.41, 5.74) is 0. The van der Waals surface area contributed by atoms with Gasteiger partial charge in [0.25, 0.3) is 0 Å². The van der Waals surface area contributed by atoms with Crippen molar-refractivity contribution in [2.45, 2.75) is 52.2 Å². The number of guanidine groups is 1. The Bertz CT molecular complexity index is 574. The van der Waals surface area contributed by atoms with Gasteiger partial charge in [0.05, 0.1) is 24.6 Å². The van der Waals surface area contributed by atoms with Gasteiger partial charge < -0.3 is 20.1 Å². The van der Waals surface area contributed by atoms with Gasteiger partial charge in [-0.05, 0) is 33.6 Å². The molecule has 27 heavy (non-hydrogen) atoms. The Morgan fingerprint density at radius 1 is 1.26 bits per heavy atom. The van der Waals surface area contributed by atoms with E-state index in [1.165, 1.54) is 0 Å². The van der Waals surface area contributed by atoms with Crippen molar-refractivity contribution in [1.29, 1.82) is 0 Å². The first kappa shape index (κ1) is 22.4. The molecule has 1 aliphatic carbocycles. The lowest BCUT2D eigenvalue weighted by atomic mass is 10.1. The maximum Gasteiger partial charge on any atom is 0.216 e. The Balaban J connectivity index is 1.87. The zero-order valence-corrected chi connectivity index (χ0v) is 17.7. The van der Waals surface area contributed by atoms with Crippen LogP contribution in [0.1, 0.15) is 40.0 Å². The van der Waals surface area contributed by atoms with Crippen LogP contribution in [0.5, 0.6) is 0 Å². The number of piperazine rings is 1. The van der Waals surface area contributed by atoms with E-state index in [0.717, 1.165) is 31.8 Å². The van der Waals surface area contributed by atoms with Crippen LogP contribution >= 0.6 is 0 Å². The molecule has 0 aromatic heterocycles. The van der Waals surface area contributed by atoms with E-state index < -0.39 is 10.0 Å². The van der Waals surface area contributed by atoms with E-state index >= 15 is 0 Å². The summed E-state index contributed by atoms with van der Waals surface area (Å²) in [7, 11) is -3.28. The first-order valence-electron chi connectivity index (χ1n) is 10.1. The maximum atomic E-state index is 12.5. The van der Waals surface area contributed by atoms with Crippen LogP contribution in [0.15, 0.2) is 4.99 Å². The summed E-state index contributed by atoms with van der Waals surface area (Å²) in [6.07, 6.45) is 2.75. The fourth-order valence-electron chi connectivity index (χ4n) is 3.56. The number of nitrogens with zero attached hydrogens (tertiary/aromatic N) is 3. The van der Waals surface area contributed by atoms with Gasteiger partial charge in [-0.25, -0.2) is 8.42 Å². The lowest BCUT2D eigenvalue weighted by Crippen LogP contribution is -2.54. The Morgan fingerprint density at radius 2 is 1.96 bits per heavy atom. The topological polar surface area (TPSA) is 94.5 Å². The number of hydrogen-bond acceptors (Lipinski definition) is 5. The Hall–Kier alpha value is -0.900. The van der Waals surface area contributed by atoms with Crippen molar-refractivity contribution in [3.63, 3.8) is 0 Å². The lowest BCUT2D eigenvalue weighted by Gasteiger charge is -2.36. The van der Waals surface area contributed by atoms with E-state index in [-0.39, 0.29) is 30.5 Å². The number of ether oxygens (including phenoxy) is 1. The predicted octanol–water partition coefficient (Wildman–Crippen LogP) is 0.485. The first-order chi connectivity index (χ1) is 12.8. The van der Waals surface area contributed by atoms with Crippen molar-refractivity contribution in [3.8, 4) is 0 Å². The van der Waals surface area contributed by atoms with Gasteiger partial charge in [-0.3, -0.25) is 4.99 Å². The molecule has 1 aliphatic heterocycles. The maximum absolute atomic E-state index is 12.5. The molecule has 1 saturated heterocycles. The van der Waals surface area contributed by atoms with Crippen LogP contribution in [0.3, 0.4) is 0 Å². The predicted molar refractivity (Wildman–Crippen MR) is 107 cm³/mol. The molecule has 8 nitrogen and oxygen atoms in total. The van der Waals surface area contributed by atoms with Crippen LogP contribution in [-0.2, 0) is 14.8 Å². The van der Waals surface area contributed by atoms with Crippen molar-refractivity contribution < 1.29 is 18.3 Å². The summed E-state index contributed by atoms with van der Waals surface area (Å²) in [4.78, 5) is 6.82. The average molecular weight is 405 g/mol. The molecule has 2 aliphatic rings. The standard InChI is InChI=1S/C18H36N4O4S/c1-4-19-18(20-14-16-6-5-7-17(16)23)21-8-10-22(11-9-21)27(24,25)13-12-26-15(2)3/h15-17,23H,4-14H2,1-3H3,(H,19,20). The largest absolute Gasteiger partial charge is 0.393 e. The normalized spacial score (nSPS) is 25.4. The van der Waals surface area contributed by atoms with Crippen LogP contribution < -0.4 is 5.32 Å². The highest BCUT2D eigenvalue weighted by Gasteiger charge is 2.29. The summed E-state index contributed by atoms with van der Waals surface area (Å²) in [5, 5.41) is 13.3. The zero-order valence-electron chi connectivity index (χ0n) is 16.9. The van der Waals surface area contributed by atoms with E-state index in [9.17, 15) is 13.5 Å². The van der Waals surface area contributed by atoms with Gasteiger partial charge in [0.15, 0.2) is 5.96 Å². The van der Waals surface area contributed by atoms with E-state index in [2.05, 4.69) is 10.2 Å². The molecule has 2 N–H and O–H groups in total. The minimum atomic E-state index is -3.28. The summed E-state index contributed by atoms with van der Waals surface area (Å²) in [6, 6.07) is 0. The Labute approximate surface area is 164 Å². The molecule has 0 aromatic carbocycles. The van der Waals surface area contributed by atoms with Gasteiger partial charge in [0, 0.05) is 45.2 Å². The summed E-state index contributed by atoms with van der Waals surface area (Å²) >= 11 is 0. The Morgan fingerprint density at radius 3 is 2.52 bits per heavy atom. The number of aliphatic hydroxyl groups excluding tert-OH is 1. The van der Waals surface area contributed by atoms with Gasteiger partial charge >= 0.3 is 0 Å². The van der Waals surface area contributed by atoms with Crippen molar-refractivity contribution in [2.24, 2.45) is 10.9 Å². The van der Waals surface area contributed by atoms with Crippen LogP contribution in [-0.4, -0.2) is 92.5 Å². The molecule has 0 radical (unpaired) electrons. The molecular weight excluding hydrogens is 368 g/mol. The molecule has 9 heteroatoms. The zero-order chi connectivity index (χ0) is 19.9. The van der Waals surface area contributed by atoms with Gasteiger partial charge in [-0.2, -0.15) is 4.31 Å². The van der Waals surface area contributed by atoms with Crippen LogP contribution in [0.2, 0.25) is 0 Å². The van der Waals surface area contributed by atoms with E-state index in [1.54, 1.807) is 4.31 Å². The molecule has 1 heterocycles. The van der Waals surface area contributed by atoms with Gasteiger partial charge in [0.1, 0.15) is 0 Å². The molecule has 0 aromatic rings. The highest BCUT2D eigenvalue weighted by Crippen LogP contribution is 2.25. The second-order valence-corrected chi connectivity index (χ2v) is 9.66. The van der Waals surface area contributed by atoms with E-state index in [1.807, 2.05) is 20.8 Å². The highest BCUT2D eigenvalue weighted by molar-refractivity contribution is 7.89.